The zero-order valence-corrected chi connectivity index (χ0v) is 12.6. The van der Waals surface area contributed by atoms with E-state index in [-0.39, 0.29) is 6.03 Å². The van der Waals surface area contributed by atoms with E-state index < -0.39 is 0 Å². The van der Waals surface area contributed by atoms with Crippen molar-refractivity contribution in [3.63, 3.8) is 0 Å². The van der Waals surface area contributed by atoms with E-state index in [1.54, 1.807) is 0 Å². The van der Waals surface area contributed by atoms with E-state index in [0.29, 0.717) is 24.2 Å². The second kappa shape index (κ2) is 7.50. The van der Waals surface area contributed by atoms with Crippen LogP contribution in [0, 0.1) is 0 Å². The molecule has 1 unspecified atom stereocenters. The Bertz CT molecular complexity index is 446. The van der Waals surface area contributed by atoms with Crippen LogP contribution < -0.4 is 10.6 Å². The lowest BCUT2D eigenvalue weighted by Crippen LogP contribution is -2.44. The van der Waals surface area contributed by atoms with Crippen molar-refractivity contribution in [1.29, 1.82) is 0 Å². The molecule has 1 aliphatic heterocycles. The molecule has 1 saturated heterocycles. The van der Waals surface area contributed by atoms with Gasteiger partial charge in [0.05, 0.1) is 0 Å². The molecule has 0 spiro atoms. The number of rotatable bonds is 5. The van der Waals surface area contributed by atoms with Crippen molar-refractivity contribution in [2.45, 2.75) is 32.4 Å². The van der Waals surface area contributed by atoms with Gasteiger partial charge in [-0.2, -0.15) is 0 Å². The quantitative estimate of drug-likeness (QED) is 0.877. The van der Waals surface area contributed by atoms with Gasteiger partial charge in [0.15, 0.2) is 0 Å². The number of nitrogens with zero attached hydrogens (tertiary/aromatic N) is 1. The Labute approximate surface area is 125 Å². The molecule has 1 fully saturated rings. The van der Waals surface area contributed by atoms with Gasteiger partial charge in [-0.15, -0.1) is 0 Å². The summed E-state index contributed by atoms with van der Waals surface area (Å²) in [6, 6.07) is 7.77. The van der Waals surface area contributed by atoms with Crippen LogP contribution in [0.15, 0.2) is 24.3 Å². The molecule has 1 heterocycles. The maximum atomic E-state index is 11.7. The third-order valence-electron chi connectivity index (χ3n) is 3.66. The molecule has 0 radical (unpaired) electrons. The largest absolute Gasteiger partial charge is 0.337 e. The van der Waals surface area contributed by atoms with E-state index in [2.05, 4.69) is 22.5 Å². The van der Waals surface area contributed by atoms with Gasteiger partial charge in [-0.1, -0.05) is 23.7 Å². The third-order valence-corrected chi connectivity index (χ3v) is 3.90. The number of hydrogen-bond acceptors (Lipinski definition) is 2. The van der Waals surface area contributed by atoms with Crippen LogP contribution in [0.3, 0.4) is 0 Å². The van der Waals surface area contributed by atoms with Gasteiger partial charge >= 0.3 is 6.03 Å². The molecule has 0 saturated carbocycles. The lowest BCUT2D eigenvalue weighted by molar-refractivity contribution is 0.226. The number of nitrogens with one attached hydrogen (secondary N) is 2. The van der Waals surface area contributed by atoms with Crippen molar-refractivity contribution in [2.24, 2.45) is 0 Å². The molecule has 1 aromatic rings. The summed E-state index contributed by atoms with van der Waals surface area (Å²) in [4.78, 5) is 14.2. The van der Waals surface area contributed by atoms with Crippen LogP contribution in [0.5, 0.6) is 0 Å². The summed E-state index contributed by atoms with van der Waals surface area (Å²) in [6.07, 6.45) is 2.54. The molecule has 2 rings (SSSR count). The predicted molar refractivity (Wildman–Crippen MR) is 82.0 cm³/mol. The van der Waals surface area contributed by atoms with E-state index in [4.69, 9.17) is 11.6 Å². The molecule has 1 aliphatic rings. The molecule has 1 atom stereocenters. The van der Waals surface area contributed by atoms with Gasteiger partial charge in [0.25, 0.3) is 0 Å². The zero-order valence-electron chi connectivity index (χ0n) is 11.9. The zero-order chi connectivity index (χ0) is 14.4. The van der Waals surface area contributed by atoms with E-state index in [0.717, 1.165) is 18.7 Å². The van der Waals surface area contributed by atoms with Crippen molar-refractivity contribution < 1.29 is 4.79 Å². The number of amides is 2. The normalized spacial score (nSPS) is 16.9. The highest BCUT2D eigenvalue weighted by atomic mass is 35.5. The smallest absolute Gasteiger partial charge is 0.315 e. The van der Waals surface area contributed by atoms with E-state index >= 15 is 0 Å². The average Bonchev–Trinajstić information content (AvgIpc) is 2.97. The van der Waals surface area contributed by atoms with Gasteiger partial charge in [0.1, 0.15) is 0 Å². The molecule has 0 aromatic heterocycles. The first kappa shape index (κ1) is 15.1. The highest BCUT2D eigenvalue weighted by Gasteiger charge is 2.18. The Hall–Kier alpha value is -1.26. The van der Waals surface area contributed by atoms with Crippen LogP contribution in [0.4, 0.5) is 4.79 Å². The lowest BCUT2D eigenvalue weighted by atomic mass is 10.2. The van der Waals surface area contributed by atoms with Crippen LogP contribution in [-0.4, -0.2) is 36.6 Å². The fourth-order valence-electron chi connectivity index (χ4n) is 2.44. The molecule has 110 valence electrons. The SMILES string of the molecule is CC(CNC(=O)NCc1cccc(Cl)c1)N1CCCC1. The lowest BCUT2D eigenvalue weighted by Gasteiger charge is -2.23. The first-order valence-corrected chi connectivity index (χ1v) is 7.53. The fraction of sp³-hybridized carbons (Fsp3) is 0.533. The summed E-state index contributed by atoms with van der Waals surface area (Å²) in [6.45, 7) is 5.62. The monoisotopic (exact) mass is 295 g/mol. The van der Waals surface area contributed by atoms with Gasteiger partial charge in [-0.25, -0.2) is 4.79 Å². The van der Waals surface area contributed by atoms with Crippen molar-refractivity contribution in [1.82, 2.24) is 15.5 Å². The number of hydrogen-bond donors (Lipinski definition) is 2. The molecule has 2 N–H and O–H groups in total. The molecule has 5 heteroatoms. The summed E-state index contributed by atoms with van der Waals surface area (Å²) in [7, 11) is 0. The minimum absolute atomic E-state index is 0.129. The van der Waals surface area contributed by atoms with Crippen LogP contribution in [-0.2, 0) is 6.54 Å². The van der Waals surface area contributed by atoms with Crippen LogP contribution in [0.1, 0.15) is 25.3 Å². The number of likely N-dealkylation sites (tertiary alicyclic amines) is 1. The Morgan fingerprint density at radius 3 is 2.80 bits per heavy atom. The second-order valence-electron chi connectivity index (χ2n) is 5.29. The fourth-order valence-corrected chi connectivity index (χ4v) is 2.66. The van der Waals surface area contributed by atoms with Gasteiger partial charge in [-0.3, -0.25) is 4.90 Å². The Morgan fingerprint density at radius 1 is 1.35 bits per heavy atom. The molecule has 4 nitrogen and oxygen atoms in total. The van der Waals surface area contributed by atoms with E-state index in [1.807, 2.05) is 24.3 Å². The summed E-state index contributed by atoms with van der Waals surface area (Å²) >= 11 is 5.90. The van der Waals surface area contributed by atoms with Crippen molar-refractivity contribution in [3.8, 4) is 0 Å². The predicted octanol–water partition coefficient (Wildman–Crippen LogP) is 2.62. The summed E-state index contributed by atoms with van der Waals surface area (Å²) in [5, 5.41) is 6.45. The number of carbonyl (C=O) groups excluding carboxylic acids is 1. The van der Waals surface area contributed by atoms with Crippen LogP contribution in [0.2, 0.25) is 5.02 Å². The van der Waals surface area contributed by atoms with Gasteiger partial charge in [0, 0.05) is 24.2 Å². The number of benzene rings is 1. The summed E-state index contributed by atoms with van der Waals surface area (Å²) in [5.74, 6) is 0. The molecule has 2 amide bonds. The Kier molecular flexibility index (Phi) is 5.68. The van der Waals surface area contributed by atoms with Gasteiger partial charge in [0.2, 0.25) is 0 Å². The maximum Gasteiger partial charge on any atom is 0.315 e. The Balaban J connectivity index is 1.67. The Morgan fingerprint density at radius 2 is 2.10 bits per heavy atom. The van der Waals surface area contributed by atoms with Crippen LogP contribution >= 0.6 is 11.6 Å². The van der Waals surface area contributed by atoms with E-state index in [1.165, 1.54) is 12.8 Å². The van der Waals surface area contributed by atoms with Crippen molar-refractivity contribution in [2.75, 3.05) is 19.6 Å². The number of urea groups is 1. The molecule has 1 aromatic carbocycles. The number of carbonyl (C=O) groups is 1. The van der Waals surface area contributed by atoms with E-state index in [9.17, 15) is 4.79 Å². The first-order valence-electron chi connectivity index (χ1n) is 7.15. The minimum Gasteiger partial charge on any atom is -0.337 e. The molecule has 0 bridgehead atoms. The average molecular weight is 296 g/mol. The summed E-state index contributed by atoms with van der Waals surface area (Å²) in [5.41, 5.74) is 1.00. The molecule has 20 heavy (non-hydrogen) atoms. The van der Waals surface area contributed by atoms with Crippen LogP contribution in [0.25, 0.3) is 0 Å². The maximum absolute atomic E-state index is 11.7. The van der Waals surface area contributed by atoms with Gasteiger partial charge in [-0.05, 0) is 50.6 Å². The minimum atomic E-state index is -0.129. The van der Waals surface area contributed by atoms with Crippen molar-refractivity contribution >= 4 is 17.6 Å². The highest BCUT2D eigenvalue weighted by Crippen LogP contribution is 2.11. The standard InChI is InChI=1S/C15H22ClN3O/c1-12(19-7-2-3-8-19)10-17-15(20)18-11-13-5-4-6-14(16)9-13/h4-6,9,12H,2-3,7-8,10-11H2,1H3,(H2,17,18,20). The number of halogens is 1. The first-order chi connectivity index (χ1) is 9.65. The molecular weight excluding hydrogens is 274 g/mol. The third kappa shape index (κ3) is 4.69. The summed E-state index contributed by atoms with van der Waals surface area (Å²) < 4.78 is 0. The van der Waals surface area contributed by atoms with Gasteiger partial charge < -0.3 is 10.6 Å². The molecular formula is C15H22ClN3O. The van der Waals surface area contributed by atoms with Crippen molar-refractivity contribution in [3.05, 3.63) is 34.9 Å². The molecule has 0 aliphatic carbocycles. The highest BCUT2D eigenvalue weighted by molar-refractivity contribution is 6.30. The second-order valence-corrected chi connectivity index (χ2v) is 5.72. The topological polar surface area (TPSA) is 44.4 Å².